The average Bonchev–Trinajstić information content (AvgIpc) is 2.89. The molecule has 0 bridgehead atoms. The Morgan fingerprint density at radius 2 is 1.97 bits per heavy atom. The third-order valence-electron chi connectivity index (χ3n) is 6.86. The number of fused-ring (bicyclic) bond motifs is 1. The van der Waals surface area contributed by atoms with E-state index in [1.807, 2.05) is 32.0 Å². The van der Waals surface area contributed by atoms with E-state index in [9.17, 15) is 18.1 Å². The van der Waals surface area contributed by atoms with Crippen molar-refractivity contribution in [3.8, 4) is 17.2 Å². The molecular formula is C28H27FN6O3S. The van der Waals surface area contributed by atoms with Gasteiger partial charge in [0.2, 0.25) is 10.0 Å². The van der Waals surface area contributed by atoms with Gasteiger partial charge >= 0.3 is 0 Å². The first-order valence-corrected chi connectivity index (χ1v) is 13.8. The summed E-state index contributed by atoms with van der Waals surface area (Å²) in [4.78, 5) is 10.8. The van der Waals surface area contributed by atoms with Crippen LogP contribution in [0.25, 0.3) is 22.0 Å². The first kappa shape index (κ1) is 26.5. The SMILES string of the molecule is Cc1cc([C@@H](C)Nc2ccccc2S(N)(=O)=O)c2cc(-c3ccc(N4CC(F)(CO)C4)nc3)c(C#N)nc2c1. The normalized spacial score (nSPS) is 15.4. The number of nitrogens with one attached hydrogen (secondary N) is 1. The maximum atomic E-state index is 14.1. The van der Waals surface area contributed by atoms with Crippen LogP contribution in [0.15, 0.2) is 65.7 Å². The van der Waals surface area contributed by atoms with E-state index in [4.69, 9.17) is 10.2 Å². The lowest BCUT2D eigenvalue weighted by Crippen LogP contribution is -2.61. The van der Waals surface area contributed by atoms with Crippen LogP contribution in [0.2, 0.25) is 0 Å². The minimum Gasteiger partial charge on any atom is -0.393 e. The quantitative estimate of drug-likeness (QED) is 0.317. The molecule has 2 aromatic carbocycles. The predicted molar refractivity (Wildman–Crippen MR) is 147 cm³/mol. The number of alkyl halides is 1. The van der Waals surface area contributed by atoms with Crippen LogP contribution < -0.4 is 15.4 Å². The fourth-order valence-corrected chi connectivity index (χ4v) is 5.59. The number of nitrogens with two attached hydrogens (primary N) is 1. The number of para-hydroxylation sites is 1. The topological polar surface area (TPSA) is 145 Å². The Morgan fingerprint density at radius 3 is 2.62 bits per heavy atom. The molecular weight excluding hydrogens is 519 g/mol. The fourth-order valence-electron chi connectivity index (χ4n) is 4.89. The van der Waals surface area contributed by atoms with E-state index in [1.165, 1.54) is 6.07 Å². The second kappa shape index (κ2) is 9.89. The Labute approximate surface area is 225 Å². The molecule has 1 saturated heterocycles. The molecule has 1 aliphatic rings. The summed E-state index contributed by atoms with van der Waals surface area (Å²) in [6.45, 7) is 3.44. The molecule has 3 heterocycles. The number of primary sulfonamides is 1. The molecule has 39 heavy (non-hydrogen) atoms. The van der Waals surface area contributed by atoms with E-state index in [1.54, 1.807) is 41.4 Å². The zero-order valence-electron chi connectivity index (χ0n) is 21.4. The van der Waals surface area contributed by atoms with Crippen LogP contribution in [0.3, 0.4) is 0 Å². The van der Waals surface area contributed by atoms with Gasteiger partial charge in [-0.1, -0.05) is 18.2 Å². The molecule has 9 nitrogen and oxygen atoms in total. The molecule has 0 saturated carbocycles. The highest BCUT2D eigenvalue weighted by molar-refractivity contribution is 7.89. The second-order valence-electron chi connectivity index (χ2n) is 9.89. The Hall–Kier alpha value is -4.11. The molecule has 0 aliphatic carbocycles. The number of halogens is 1. The van der Waals surface area contributed by atoms with Gasteiger partial charge in [-0.25, -0.2) is 27.9 Å². The Balaban J connectivity index is 1.53. The van der Waals surface area contributed by atoms with E-state index in [0.29, 0.717) is 28.1 Å². The lowest BCUT2D eigenvalue weighted by molar-refractivity contribution is 0.0440. The third kappa shape index (κ3) is 5.14. The number of sulfonamides is 1. The molecule has 1 aliphatic heterocycles. The number of benzene rings is 2. The summed E-state index contributed by atoms with van der Waals surface area (Å²) in [5, 5.41) is 28.5. The number of aromatic nitrogens is 2. The lowest BCUT2D eigenvalue weighted by Gasteiger charge is -2.44. The van der Waals surface area contributed by atoms with E-state index >= 15 is 0 Å². The molecule has 5 rings (SSSR count). The van der Waals surface area contributed by atoms with Crippen LogP contribution in [-0.4, -0.2) is 48.9 Å². The summed E-state index contributed by atoms with van der Waals surface area (Å²) in [5.74, 6) is 0.579. The molecule has 0 unspecified atom stereocenters. The molecule has 1 fully saturated rings. The number of pyridine rings is 2. The van der Waals surface area contributed by atoms with Gasteiger partial charge in [-0.3, -0.25) is 0 Å². The molecule has 4 N–H and O–H groups in total. The summed E-state index contributed by atoms with van der Waals surface area (Å²) in [7, 11) is -3.93. The van der Waals surface area contributed by atoms with Gasteiger partial charge in [0, 0.05) is 28.8 Å². The van der Waals surface area contributed by atoms with Crippen molar-refractivity contribution < 1.29 is 17.9 Å². The minimum absolute atomic E-state index is 0.00301. The van der Waals surface area contributed by atoms with Crippen molar-refractivity contribution in [1.29, 1.82) is 5.26 Å². The number of anilines is 2. The molecule has 0 spiro atoms. The highest BCUT2D eigenvalue weighted by Gasteiger charge is 2.43. The molecule has 0 radical (unpaired) electrons. The number of hydrogen-bond donors (Lipinski definition) is 3. The van der Waals surface area contributed by atoms with E-state index in [2.05, 4.69) is 21.4 Å². The smallest absolute Gasteiger partial charge is 0.240 e. The van der Waals surface area contributed by atoms with Gasteiger partial charge in [0.05, 0.1) is 30.9 Å². The average molecular weight is 547 g/mol. The molecule has 1 atom stereocenters. The van der Waals surface area contributed by atoms with Crippen molar-refractivity contribution in [2.75, 3.05) is 29.9 Å². The van der Waals surface area contributed by atoms with E-state index in [-0.39, 0.29) is 29.7 Å². The van der Waals surface area contributed by atoms with Crippen molar-refractivity contribution in [1.82, 2.24) is 9.97 Å². The van der Waals surface area contributed by atoms with Crippen LogP contribution in [-0.2, 0) is 10.0 Å². The zero-order valence-corrected chi connectivity index (χ0v) is 22.2. The van der Waals surface area contributed by atoms with Crippen molar-refractivity contribution >= 4 is 32.4 Å². The van der Waals surface area contributed by atoms with Crippen LogP contribution >= 0.6 is 0 Å². The Kier molecular flexibility index (Phi) is 6.72. The highest BCUT2D eigenvalue weighted by atomic mass is 32.2. The summed E-state index contributed by atoms with van der Waals surface area (Å²) in [6, 6.07) is 17.6. The van der Waals surface area contributed by atoms with Gasteiger partial charge in [0.1, 0.15) is 22.5 Å². The lowest BCUT2D eigenvalue weighted by atomic mass is 9.95. The molecule has 0 amide bonds. The summed E-state index contributed by atoms with van der Waals surface area (Å²) in [6.07, 6.45) is 1.62. The van der Waals surface area contributed by atoms with Crippen LogP contribution in [0, 0.1) is 18.3 Å². The highest BCUT2D eigenvalue weighted by Crippen LogP contribution is 2.35. The number of aliphatic hydroxyl groups excluding tert-OH is 1. The summed E-state index contributed by atoms with van der Waals surface area (Å²) >= 11 is 0. The maximum absolute atomic E-state index is 14.1. The van der Waals surface area contributed by atoms with Crippen LogP contribution in [0.5, 0.6) is 0 Å². The van der Waals surface area contributed by atoms with Crippen molar-refractivity contribution in [2.45, 2.75) is 30.5 Å². The zero-order chi connectivity index (χ0) is 27.9. The van der Waals surface area contributed by atoms with Gasteiger partial charge in [-0.2, -0.15) is 5.26 Å². The largest absolute Gasteiger partial charge is 0.393 e. The molecule has 2 aromatic heterocycles. The molecule has 4 aromatic rings. The van der Waals surface area contributed by atoms with Gasteiger partial charge in [0.25, 0.3) is 0 Å². The van der Waals surface area contributed by atoms with Gasteiger partial charge in [0.15, 0.2) is 5.67 Å². The third-order valence-corrected chi connectivity index (χ3v) is 7.83. The number of aryl methyl sites for hydroxylation is 1. The van der Waals surface area contributed by atoms with Gasteiger partial charge < -0.3 is 15.3 Å². The van der Waals surface area contributed by atoms with E-state index < -0.39 is 22.3 Å². The Bertz CT molecular complexity index is 1710. The van der Waals surface area contributed by atoms with Crippen LogP contribution in [0.1, 0.15) is 29.8 Å². The number of nitrogens with zero attached hydrogens (tertiary/aromatic N) is 4. The molecule has 11 heteroatoms. The summed E-state index contributed by atoms with van der Waals surface area (Å²) in [5.41, 5.74) is 2.70. The maximum Gasteiger partial charge on any atom is 0.240 e. The van der Waals surface area contributed by atoms with Crippen molar-refractivity contribution in [2.24, 2.45) is 5.14 Å². The fraction of sp³-hybridized carbons (Fsp3) is 0.250. The van der Waals surface area contributed by atoms with Crippen LogP contribution in [0.4, 0.5) is 15.9 Å². The summed E-state index contributed by atoms with van der Waals surface area (Å²) < 4.78 is 38.3. The van der Waals surface area contributed by atoms with Gasteiger partial charge in [-0.15, -0.1) is 0 Å². The monoisotopic (exact) mass is 546 g/mol. The van der Waals surface area contributed by atoms with Gasteiger partial charge in [-0.05, 0) is 61.4 Å². The van der Waals surface area contributed by atoms with Crippen molar-refractivity contribution in [3.63, 3.8) is 0 Å². The number of hydrogen-bond acceptors (Lipinski definition) is 8. The second-order valence-corrected chi connectivity index (χ2v) is 11.4. The number of nitriles is 1. The number of aliphatic hydroxyl groups is 1. The predicted octanol–water partition coefficient (Wildman–Crippen LogP) is 3.82. The molecule has 200 valence electrons. The first-order chi connectivity index (χ1) is 18.5. The van der Waals surface area contributed by atoms with Crippen molar-refractivity contribution in [3.05, 3.63) is 77.6 Å². The Morgan fingerprint density at radius 1 is 1.23 bits per heavy atom. The minimum atomic E-state index is -3.93. The standard InChI is InChI=1S/C28H27FN6O3S/c1-17-9-20(18(2)33-23-5-3-4-6-26(23)39(31,37)38)22-11-21(25(12-30)34-24(22)10-17)19-7-8-27(32-13-19)35-14-28(29,15-35)16-36/h3-11,13,18,33,36H,14-16H2,1-2H3,(H2,31,37,38)/t18-/m1/s1. The van der Waals surface area contributed by atoms with E-state index in [0.717, 1.165) is 16.5 Å². The number of rotatable bonds is 7. The first-order valence-electron chi connectivity index (χ1n) is 12.3.